The van der Waals surface area contributed by atoms with Crippen LogP contribution in [0.2, 0.25) is 0 Å². The standard InChI is InChI=1S/C22H18F3N3O2/c1-13-12-17-18(22(23,24)25)26-21(2,15-6-4-3-5-7-15)27-19(17)28(13)16-10-8-14(9-11-16)20(29)30/h3-12,26H,1-2H3,(H,29,30). The lowest BCUT2D eigenvalue weighted by Crippen LogP contribution is -2.52. The zero-order valence-electron chi connectivity index (χ0n) is 16.2. The fraction of sp³-hybridized carbons (Fsp3) is 0.182. The minimum absolute atomic E-state index is 0.0456. The Morgan fingerprint density at radius 3 is 2.30 bits per heavy atom. The molecule has 5 nitrogen and oxygen atoms in total. The first-order chi connectivity index (χ1) is 14.1. The van der Waals surface area contributed by atoms with E-state index in [0.717, 1.165) is 0 Å². The molecule has 1 aromatic heterocycles. The molecule has 154 valence electrons. The highest BCUT2D eigenvalue weighted by Gasteiger charge is 2.42. The van der Waals surface area contributed by atoms with Gasteiger partial charge in [0, 0.05) is 16.6 Å². The number of hydrogen-bond acceptors (Lipinski definition) is 3. The second-order valence-electron chi connectivity index (χ2n) is 7.26. The molecule has 1 aliphatic heterocycles. The zero-order chi connectivity index (χ0) is 21.7. The maximum absolute atomic E-state index is 13.9. The van der Waals surface area contributed by atoms with Crippen LogP contribution in [0.3, 0.4) is 0 Å². The van der Waals surface area contributed by atoms with Crippen molar-refractivity contribution in [2.75, 3.05) is 0 Å². The molecule has 0 spiro atoms. The van der Waals surface area contributed by atoms with Gasteiger partial charge in [0.2, 0.25) is 0 Å². The van der Waals surface area contributed by atoms with E-state index in [1.165, 1.54) is 18.2 Å². The number of carbonyl (C=O) groups is 1. The van der Waals surface area contributed by atoms with E-state index in [1.807, 2.05) is 0 Å². The van der Waals surface area contributed by atoms with Crippen LogP contribution in [0.4, 0.5) is 13.2 Å². The minimum atomic E-state index is -4.60. The highest BCUT2D eigenvalue weighted by Crippen LogP contribution is 2.31. The van der Waals surface area contributed by atoms with Crippen LogP contribution in [-0.4, -0.2) is 21.8 Å². The SMILES string of the molecule is Cc1cc2c(n1-c1ccc(C(=O)O)cc1)=NC(C)(c1ccccc1)NC=2C(F)(F)F. The first-order valence-corrected chi connectivity index (χ1v) is 9.17. The van der Waals surface area contributed by atoms with E-state index >= 15 is 0 Å². The fourth-order valence-corrected chi connectivity index (χ4v) is 3.67. The molecule has 4 rings (SSSR count). The number of alkyl halides is 3. The first-order valence-electron chi connectivity index (χ1n) is 9.17. The van der Waals surface area contributed by atoms with Crippen LogP contribution in [0, 0.1) is 6.92 Å². The summed E-state index contributed by atoms with van der Waals surface area (Å²) in [4.78, 5) is 15.8. The average molecular weight is 413 g/mol. The smallest absolute Gasteiger partial charge is 0.431 e. The van der Waals surface area contributed by atoms with Crippen molar-refractivity contribution in [1.29, 1.82) is 0 Å². The predicted molar refractivity (Wildman–Crippen MR) is 105 cm³/mol. The maximum Gasteiger partial charge on any atom is 0.431 e. The van der Waals surface area contributed by atoms with Crippen LogP contribution in [0.5, 0.6) is 0 Å². The number of aryl methyl sites for hydroxylation is 1. The summed E-state index contributed by atoms with van der Waals surface area (Å²) in [7, 11) is 0. The molecule has 2 heterocycles. The van der Waals surface area contributed by atoms with Crippen molar-refractivity contribution in [3.05, 3.63) is 88.2 Å². The van der Waals surface area contributed by atoms with Crippen LogP contribution in [0.15, 0.2) is 65.7 Å². The molecule has 2 aromatic carbocycles. The summed E-state index contributed by atoms with van der Waals surface area (Å²) < 4.78 is 43.5. The van der Waals surface area contributed by atoms with Gasteiger partial charge in [0.1, 0.15) is 11.2 Å². The van der Waals surface area contributed by atoms with Crippen LogP contribution in [0.1, 0.15) is 28.5 Å². The van der Waals surface area contributed by atoms with E-state index in [4.69, 9.17) is 5.11 Å². The molecule has 8 heteroatoms. The van der Waals surface area contributed by atoms with Crippen LogP contribution < -0.4 is 16.0 Å². The zero-order valence-corrected chi connectivity index (χ0v) is 16.2. The number of hydrogen-bond donors (Lipinski definition) is 2. The Morgan fingerprint density at radius 2 is 1.73 bits per heavy atom. The maximum atomic E-state index is 13.9. The van der Waals surface area contributed by atoms with E-state index < -0.39 is 23.5 Å². The molecule has 1 aliphatic rings. The summed E-state index contributed by atoms with van der Waals surface area (Å²) in [6.07, 6.45) is -4.60. The van der Waals surface area contributed by atoms with Crippen LogP contribution in [-0.2, 0) is 5.66 Å². The third-order valence-corrected chi connectivity index (χ3v) is 5.12. The Labute approximate surface area is 169 Å². The van der Waals surface area contributed by atoms with E-state index in [9.17, 15) is 18.0 Å². The Hall–Kier alpha value is -3.55. The molecule has 3 aromatic rings. The van der Waals surface area contributed by atoms with Crippen molar-refractivity contribution in [1.82, 2.24) is 9.88 Å². The molecule has 0 bridgehead atoms. The molecule has 0 amide bonds. The molecule has 0 saturated heterocycles. The molecule has 0 saturated carbocycles. The molecule has 0 aliphatic carbocycles. The Balaban J connectivity index is 2.02. The van der Waals surface area contributed by atoms with Crippen LogP contribution in [0.25, 0.3) is 11.4 Å². The van der Waals surface area contributed by atoms with Crippen molar-refractivity contribution < 1.29 is 23.1 Å². The second-order valence-corrected chi connectivity index (χ2v) is 7.26. The number of aromatic nitrogens is 1. The van der Waals surface area contributed by atoms with Gasteiger partial charge in [-0.3, -0.25) is 4.57 Å². The molecule has 2 N–H and O–H groups in total. The quantitative estimate of drug-likeness (QED) is 0.693. The van der Waals surface area contributed by atoms with Crippen molar-refractivity contribution in [3.63, 3.8) is 0 Å². The van der Waals surface area contributed by atoms with E-state index in [0.29, 0.717) is 16.9 Å². The fourth-order valence-electron chi connectivity index (χ4n) is 3.67. The van der Waals surface area contributed by atoms with Gasteiger partial charge in [0.05, 0.1) is 5.56 Å². The lowest BCUT2D eigenvalue weighted by molar-refractivity contribution is -0.0770. The number of nitrogens with zero attached hydrogens (tertiary/aromatic N) is 2. The molecule has 1 atom stereocenters. The van der Waals surface area contributed by atoms with Crippen molar-refractivity contribution in [2.45, 2.75) is 25.7 Å². The minimum Gasteiger partial charge on any atom is -0.478 e. The highest BCUT2D eigenvalue weighted by atomic mass is 19.4. The van der Waals surface area contributed by atoms with Gasteiger partial charge in [-0.25, -0.2) is 9.79 Å². The van der Waals surface area contributed by atoms with Crippen molar-refractivity contribution in [3.8, 4) is 5.69 Å². The Morgan fingerprint density at radius 1 is 1.10 bits per heavy atom. The number of fused-ring (bicyclic) bond motifs is 1. The lowest BCUT2D eigenvalue weighted by Gasteiger charge is -2.32. The van der Waals surface area contributed by atoms with E-state index in [-0.39, 0.29) is 16.3 Å². The molecular formula is C22H18F3N3O2. The van der Waals surface area contributed by atoms with Gasteiger partial charge in [0.25, 0.3) is 0 Å². The topological polar surface area (TPSA) is 66.6 Å². The lowest BCUT2D eigenvalue weighted by atomic mass is 10.00. The highest BCUT2D eigenvalue weighted by molar-refractivity contribution is 5.87. The van der Waals surface area contributed by atoms with E-state index in [1.54, 1.807) is 60.9 Å². The molecule has 0 radical (unpaired) electrons. The summed E-state index contributed by atoms with van der Waals surface area (Å²) >= 11 is 0. The third kappa shape index (κ3) is 3.24. The summed E-state index contributed by atoms with van der Waals surface area (Å²) in [5.41, 5.74) is -0.274. The Bertz CT molecular complexity index is 1250. The number of carboxylic acid groups (broad SMARTS) is 1. The summed E-state index contributed by atoms with van der Waals surface area (Å²) in [5.74, 6) is -1.08. The van der Waals surface area contributed by atoms with Gasteiger partial charge in [-0.1, -0.05) is 30.3 Å². The van der Waals surface area contributed by atoms with Crippen LogP contribution >= 0.6 is 0 Å². The third-order valence-electron chi connectivity index (χ3n) is 5.12. The summed E-state index contributed by atoms with van der Waals surface area (Å²) in [5, 5.41) is 11.7. The number of benzene rings is 2. The summed E-state index contributed by atoms with van der Waals surface area (Å²) in [6, 6.07) is 16.1. The number of aromatic carboxylic acids is 1. The van der Waals surface area contributed by atoms with Gasteiger partial charge in [-0.15, -0.1) is 0 Å². The van der Waals surface area contributed by atoms with Gasteiger partial charge in [0.15, 0.2) is 5.66 Å². The van der Waals surface area contributed by atoms with Gasteiger partial charge >= 0.3 is 12.1 Å². The monoisotopic (exact) mass is 413 g/mol. The second kappa shape index (κ2) is 6.76. The largest absolute Gasteiger partial charge is 0.478 e. The predicted octanol–water partition coefficient (Wildman–Crippen LogP) is 3.25. The first kappa shape index (κ1) is 19.8. The van der Waals surface area contributed by atoms with Gasteiger partial charge in [-0.05, 0) is 49.7 Å². The number of nitrogens with one attached hydrogen (secondary N) is 1. The molecular weight excluding hydrogens is 395 g/mol. The molecule has 30 heavy (non-hydrogen) atoms. The Kier molecular flexibility index (Phi) is 4.45. The number of halogens is 3. The number of carboxylic acids is 1. The van der Waals surface area contributed by atoms with Crippen molar-refractivity contribution >= 4 is 11.7 Å². The summed E-state index contributed by atoms with van der Waals surface area (Å²) in [6.45, 7) is 3.28. The normalized spacial score (nSPS) is 18.4. The van der Waals surface area contributed by atoms with E-state index in [2.05, 4.69) is 10.3 Å². The van der Waals surface area contributed by atoms with Gasteiger partial charge in [-0.2, -0.15) is 13.2 Å². The molecule has 1 unspecified atom stereocenters. The van der Waals surface area contributed by atoms with Crippen molar-refractivity contribution in [2.24, 2.45) is 4.99 Å². The number of rotatable bonds is 3. The molecule has 0 fully saturated rings. The average Bonchev–Trinajstić information content (AvgIpc) is 3.02. The van der Waals surface area contributed by atoms with Gasteiger partial charge < -0.3 is 10.4 Å².